The predicted octanol–water partition coefficient (Wildman–Crippen LogP) is 5.91. The maximum atomic E-state index is 11.5. The molecule has 3 heteroatoms. The Balaban J connectivity index is 1.59. The molecule has 2 aromatic rings. The van der Waals surface area contributed by atoms with Gasteiger partial charge in [0.15, 0.2) is 0 Å². The van der Waals surface area contributed by atoms with Crippen molar-refractivity contribution in [2.75, 3.05) is 31.1 Å². The van der Waals surface area contributed by atoms with Gasteiger partial charge in [-0.3, -0.25) is 4.90 Å². The monoisotopic (exact) mass is 418 g/mol. The number of rotatable bonds is 7. The van der Waals surface area contributed by atoms with Crippen LogP contribution in [0.25, 0.3) is 6.08 Å². The molecule has 2 fully saturated rings. The fourth-order valence-electron chi connectivity index (χ4n) is 5.75. The average molecular weight is 419 g/mol. The second-order valence-electron chi connectivity index (χ2n) is 9.22. The van der Waals surface area contributed by atoms with Gasteiger partial charge in [-0.15, -0.1) is 0 Å². The van der Waals surface area contributed by atoms with Crippen molar-refractivity contribution in [2.45, 2.75) is 57.6 Å². The van der Waals surface area contributed by atoms with E-state index in [2.05, 4.69) is 90.4 Å². The molecule has 1 heterocycles. The van der Waals surface area contributed by atoms with Crippen molar-refractivity contribution >= 4 is 11.8 Å². The largest absolute Gasteiger partial charge is 0.389 e. The smallest absolute Gasteiger partial charge is 0.0706 e. The Labute approximate surface area is 188 Å². The molecule has 1 aliphatic carbocycles. The van der Waals surface area contributed by atoms with E-state index in [1.165, 1.54) is 23.2 Å². The van der Waals surface area contributed by atoms with Gasteiger partial charge in [-0.25, -0.2) is 0 Å². The van der Waals surface area contributed by atoms with Crippen molar-refractivity contribution < 1.29 is 5.11 Å². The summed E-state index contributed by atoms with van der Waals surface area (Å²) in [5, 5.41) is 11.5. The molecule has 3 atom stereocenters. The van der Waals surface area contributed by atoms with Gasteiger partial charge in [0.25, 0.3) is 0 Å². The van der Waals surface area contributed by atoms with Crippen LogP contribution >= 0.6 is 0 Å². The molecule has 1 saturated carbocycles. The lowest BCUT2D eigenvalue weighted by molar-refractivity contribution is -0.122. The highest BCUT2D eigenvalue weighted by molar-refractivity contribution is 5.49. The molecule has 0 radical (unpaired) electrons. The Morgan fingerprint density at radius 3 is 2.45 bits per heavy atom. The van der Waals surface area contributed by atoms with Crippen LogP contribution in [0.1, 0.15) is 63.1 Å². The number of hydrogen-bond acceptors (Lipinski definition) is 3. The number of piperidine rings is 1. The highest BCUT2D eigenvalue weighted by atomic mass is 16.3. The first-order chi connectivity index (χ1) is 15.1. The van der Waals surface area contributed by atoms with Crippen LogP contribution in [0, 0.1) is 5.92 Å². The molecule has 1 saturated heterocycles. The van der Waals surface area contributed by atoms with E-state index in [4.69, 9.17) is 0 Å². The topological polar surface area (TPSA) is 26.7 Å². The lowest BCUT2D eigenvalue weighted by atomic mass is 9.66. The highest BCUT2D eigenvalue weighted by Gasteiger charge is 2.48. The number of aliphatic hydroxyl groups is 1. The summed E-state index contributed by atoms with van der Waals surface area (Å²) in [6.07, 6.45) is 9.88. The van der Waals surface area contributed by atoms with Crippen molar-refractivity contribution in [3.8, 4) is 0 Å². The molecule has 3 unspecified atom stereocenters. The highest BCUT2D eigenvalue weighted by Crippen LogP contribution is 2.49. The van der Waals surface area contributed by atoms with Crippen molar-refractivity contribution in [2.24, 2.45) is 5.92 Å². The SMILES string of the molecule is CCN(CC)c1ccc(C2C3CCCCC3(O)CCN2CC=Cc2ccccc2)cc1. The first-order valence-corrected chi connectivity index (χ1v) is 12.2. The third-order valence-electron chi connectivity index (χ3n) is 7.48. The molecule has 4 rings (SSSR count). The molecule has 166 valence electrons. The molecule has 2 aliphatic rings. The number of hydrogen-bond donors (Lipinski definition) is 1. The van der Waals surface area contributed by atoms with E-state index in [1.54, 1.807) is 0 Å². The number of fused-ring (bicyclic) bond motifs is 1. The maximum absolute atomic E-state index is 11.5. The number of nitrogens with zero attached hydrogens (tertiary/aromatic N) is 2. The van der Waals surface area contributed by atoms with Gasteiger partial charge in [0, 0.05) is 43.8 Å². The number of likely N-dealkylation sites (tertiary alicyclic amines) is 1. The van der Waals surface area contributed by atoms with Gasteiger partial charge in [0.05, 0.1) is 5.60 Å². The van der Waals surface area contributed by atoms with E-state index in [0.29, 0.717) is 5.92 Å². The van der Waals surface area contributed by atoms with Crippen molar-refractivity contribution in [1.82, 2.24) is 4.90 Å². The fraction of sp³-hybridized carbons (Fsp3) is 0.500. The fourth-order valence-corrected chi connectivity index (χ4v) is 5.75. The second kappa shape index (κ2) is 10.0. The van der Waals surface area contributed by atoms with E-state index in [0.717, 1.165) is 51.9 Å². The summed E-state index contributed by atoms with van der Waals surface area (Å²) in [5.41, 5.74) is 3.39. The number of benzene rings is 2. The van der Waals surface area contributed by atoms with E-state index in [1.807, 2.05) is 0 Å². The van der Waals surface area contributed by atoms with Crippen LogP contribution in [0.4, 0.5) is 5.69 Å². The average Bonchev–Trinajstić information content (AvgIpc) is 2.81. The van der Waals surface area contributed by atoms with Crippen LogP contribution in [-0.2, 0) is 0 Å². The summed E-state index contributed by atoms with van der Waals surface area (Å²) in [5.74, 6) is 0.319. The molecule has 0 aromatic heterocycles. The third-order valence-corrected chi connectivity index (χ3v) is 7.48. The first kappa shape index (κ1) is 22.1. The minimum atomic E-state index is -0.500. The zero-order valence-corrected chi connectivity index (χ0v) is 19.2. The van der Waals surface area contributed by atoms with Crippen LogP contribution < -0.4 is 4.90 Å². The first-order valence-electron chi connectivity index (χ1n) is 12.2. The Kier molecular flexibility index (Phi) is 7.14. The molecular weight excluding hydrogens is 380 g/mol. The van der Waals surface area contributed by atoms with Crippen LogP contribution in [-0.4, -0.2) is 41.8 Å². The molecule has 0 spiro atoms. The predicted molar refractivity (Wildman–Crippen MR) is 131 cm³/mol. The summed E-state index contributed by atoms with van der Waals surface area (Å²) >= 11 is 0. The third kappa shape index (κ3) is 4.88. The maximum Gasteiger partial charge on any atom is 0.0706 e. The van der Waals surface area contributed by atoms with E-state index >= 15 is 0 Å². The van der Waals surface area contributed by atoms with Crippen LogP contribution in [0.3, 0.4) is 0 Å². The van der Waals surface area contributed by atoms with Gasteiger partial charge in [-0.1, -0.05) is 67.5 Å². The molecule has 0 amide bonds. The summed E-state index contributed by atoms with van der Waals surface area (Å²) in [6.45, 7) is 8.34. The molecule has 1 aliphatic heterocycles. The molecule has 3 nitrogen and oxygen atoms in total. The Hall–Kier alpha value is -2.10. The van der Waals surface area contributed by atoms with Gasteiger partial charge < -0.3 is 10.0 Å². The zero-order valence-electron chi connectivity index (χ0n) is 19.2. The standard InChI is InChI=1S/C28H38N2O/c1-3-29(4-2)25-17-15-24(16-18-25)27-26-14-8-9-19-28(26,31)20-22-30(27)21-10-13-23-11-6-5-7-12-23/h5-7,10-13,15-18,26-27,31H,3-4,8-9,14,19-22H2,1-2H3. The minimum Gasteiger partial charge on any atom is -0.389 e. The van der Waals surface area contributed by atoms with Gasteiger partial charge in [0.2, 0.25) is 0 Å². The Morgan fingerprint density at radius 2 is 1.74 bits per heavy atom. The number of anilines is 1. The van der Waals surface area contributed by atoms with E-state index in [9.17, 15) is 5.11 Å². The van der Waals surface area contributed by atoms with Gasteiger partial charge >= 0.3 is 0 Å². The minimum absolute atomic E-state index is 0.283. The second-order valence-corrected chi connectivity index (χ2v) is 9.22. The van der Waals surface area contributed by atoms with Crippen molar-refractivity contribution in [3.63, 3.8) is 0 Å². The van der Waals surface area contributed by atoms with E-state index < -0.39 is 5.60 Å². The summed E-state index contributed by atoms with van der Waals surface area (Å²) in [4.78, 5) is 4.98. The lowest BCUT2D eigenvalue weighted by Crippen LogP contribution is -2.54. The van der Waals surface area contributed by atoms with Crippen molar-refractivity contribution in [3.05, 3.63) is 71.8 Å². The van der Waals surface area contributed by atoms with Gasteiger partial charge in [-0.2, -0.15) is 0 Å². The molecule has 2 aromatic carbocycles. The summed E-state index contributed by atoms with van der Waals surface area (Å²) in [7, 11) is 0. The summed E-state index contributed by atoms with van der Waals surface area (Å²) < 4.78 is 0. The van der Waals surface area contributed by atoms with Crippen LogP contribution in [0.15, 0.2) is 60.7 Å². The molecule has 31 heavy (non-hydrogen) atoms. The Morgan fingerprint density at radius 1 is 1.00 bits per heavy atom. The molecular formula is C28H38N2O. The Bertz CT molecular complexity index is 843. The quantitative estimate of drug-likeness (QED) is 0.605. The van der Waals surface area contributed by atoms with Crippen LogP contribution in [0.5, 0.6) is 0 Å². The molecule has 0 bridgehead atoms. The van der Waals surface area contributed by atoms with Gasteiger partial charge in [-0.05, 0) is 56.4 Å². The molecule has 1 N–H and O–H groups in total. The zero-order chi connectivity index (χ0) is 21.7. The summed E-state index contributed by atoms with van der Waals surface area (Å²) in [6, 6.07) is 20.0. The van der Waals surface area contributed by atoms with Crippen LogP contribution in [0.2, 0.25) is 0 Å². The normalized spacial score (nSPS) is 26.7. The van der Waals surface area contributed by atoms with Crippen molar-refractivity contribution in [1.29, 1.82) is 0 Å². The van der Waals surface area contributed by atoms with Gasteiger partial charge in [0.1, 0.15) is 0 Å². The van der Waals surface area contributed by atoms with E-state index in [-0.39, 0.29) is 6.04 Å². The lowest BCUT2D eigenvalue weighted by Gasteiger charge is -2.52.